The molecular formula is C10H8O3S. The lowest BCUT2D eigenvalue weighted by atomic mass is 10.1. The van der Waals surface area contributed by atoms with Gasteiger partial charge in [0.25, 0.3) is 5.12 Å². The zero-order chi connectivity index (χ0) is 10.1. The molecule has 0 atom stereocenters. The molecule has 1 aliphatic rings. The molecule has 72 valence electrons. The summed E-state index contributed by atoms with van der Waals surface area (Å²) < 4.78 is 5.32. The highest BCUT2D eigenvalue weighted by atomic mass is 32.2. The molecular weight excluding hydrogens is 200 g/mol. The van der Waals surface area contributed by atoms with Crippen LogP contribution in [0.25, 0.3) is 0 Å². The number of rotatable bonds is 2. The average molecular weight is 208 g/mol. The Morgan fingerprint density at radius 1 is 1.36 bits per heavy atom. The second kappa shape index (κ2) is 3.46. The van der Waals surface area contributed by atoms with Crippen LogP contribution in [-0.2, 0) is 4.79 Å². The highest BCUT2D eigenvalue weighted by Crippen LogP contribution is 2.39. The summed E-state index contributed by atoms with van der Waals surface area (Å²) in [4.78, 5) is 23.1. The van der Waals surface area contributed by atoms with E-state index in [0.717, 1.165) is 11.8 Å². The third kappa shape index (κ3) is 1.32. The normalized spacial score (nSPS) is 14.4. The Balaban J connectivity index is 2.50. The van der Waals surface area contributed by atoms with Crippen molar-refractivity contribution in [2.75, 3.05) is 6.61 Å². The first kappa shape index (κ1) is 9.27. The van der Waals surface area contributed by atoms with Crippen molar-refractivity contribution in [3.63, 3.8) is 0 Å². The maximum absolute atomic E-state index is 11.3. The number of ether oxygens (including phenoxy) is 1. The highest BCUT2D eigenvalue weighted by Gasteiger charge is 2.31. The number of carbonyl (C=O) groups is 2. The van der Waals surface area contributed by atoms with Crippen molar-refractivity contribution in [1.29, 1.82) is 0 Å². The van der Waals surface area contributed by atoms with Crippen LogP contribution < -0.4 is 4.74 Å². The predicted octanol–water partition coefficient (Wildman–Crippen LogP) is 1.90. The van der Waals surface area contributed by atoms with Crippen molar-refractivity contribution >= 4 is 22.7 Å². The molecule has 0 aliphatic carbocycles. The number of Topliss-reactive ketones (excluding diaryl/α,β-unsaturated/α-hetero) is 1. The molecule has 0 amide bonds. The van der Waals surface area contributed by atoms with E-state index in [4.69, 9.17) is 4.74 Å². The average Bonchev–Trinajstić information content (AvgIpc) is 2.46. The van der Waals surface area contributed by atoms with E-state index >= 15 is 0 Å². The lowest BCUT2D eigenvalue weighted by Crippen LogP contribution is -2.02. The Kier molecular flexibility index (Phi) is 2.29. The molecule has 0 fully saturated rings. The first-order valence-corrected chi connectivity index (χ1v) is 5.08. The number of hydrogen-bond acceptors (Lipinski definition) is 4. The molecule has 3 nitrogen and oxygen atoms in total. The van der Waals surface area contributed by atoms with Gasteiger partial charge < -0.3 is 4.74 Å². The van der Waals surface area contributed by atoms with Crippen LogP contribution in [0.2, 0.25) is 0 Å². The minimum atomic E-state index is -0.424. The van der Waals surface area contributed by atoms with E-state index in [2.05, 4.69) is 0 Å². The second-order valence-corrected chi connectivity index (χ2v) is 3.77. The predicted molar refractivity (Wildman–Crippen MR) is 52.8 cm³/mol. The maximum atomic E-state index is 11.3. The molecule has 0 N–H and O–H groups in total. The fourth-order valence-corrected chi connectivity index (χ4v) is 2.20. The van der Waals surface area contributed by atoms with Crippen LogP contribution in [0.3, 0.4) is 0 Å². The SMILES string of the molecule is CCOc1cccc2c1SC(=O)C2=O. The molecule has 0 bridgehead atoms. The summed E-state index contributed by atoms with van der Waals surface area (Å²) in [7, 11) is 0. The number of carbonyl (C=O) groups excluding carboxylic acids is 2. The van der Waals surface area contributed by atoms with Crippen LogP contribution >= 0.6 is 11.8 Å². The van der Waals surface area contributed by atoms with E-state index in [1.807, 2.05) is 6.92 Å². The number of hydrogen-bond donors (Lipinski definition) is 0. The topological polar surface area (TPSA) is 43.4 Å². The molecule has 4 heteroatoms. The van der Waals surface area contributed by atoms with Crippen LogP contribution in [-0.4, -0.2) is 17.5 Å². The summed E-state index contributed by atoms with van der Waals surface area (Å²) >= 11 is 0.952. The quantitative estimate of drug-likeness (QED) is 0.696. The van der Waals surface area contributed by atoms with Gasteiger partial charge in [-0.25, -0.2) is 0 Å². The Bertz CT molecular complexity index is 412. The van der Waals surface area contributed by atoms with Crippen LogP contribution in [0.4, 0.5) is 0 Å². The summed E-state index contributed by atoms with van der Waals surface area (Å²) in [6, 6.07) is 5.14. The fraction of sp³-hybridized carbons (Fsp3) is 0.200. The summed E-state index contributed by atoms with van der Waals surface area (Å²) in [5.41, 5.74) is 0.464. The van der Waals surface area contributed by atoms with Crippen LogP contribution in [0.1, 0.15) is 17.3 Å². The van der Waals surface area contributed by atoms with Gasteiger partial charge in [-0.2, -0.15) is 0 Å². The molecule has 0 saturated heterocycles. The number of benzene rings is 1. The monoisotopic (exact) mass is 208 g/mol. The standard InChI is InChI=1S/C10H8O3S/c1-2-13-7-5-3-4-6-8(11)10(12)14-9(6)7/h3-5H,2H2,1H3. The Morgan fingerprint density at radius 3 is 2.86 bits per heavy atom. The first-order chi connectivity index (χ1) is 6.74. The van der Waals surface area contributed by atoms with Gasteiger partial charge in [0.2, 0.25) is 5.78 Å². The van der Waals surface area contributed by atoms with Gasteiger partial charge in [0.05, 0.1) is 11.5 Å². The summed E-state index contributed by atoms with van der Waals surface area (Å²) in [5, 5.41) is -0.424. The number of ketones is 1. The largest absolute Gasteiger partial charge is 0.493 e. The van der Waals surface area contributed by atoms with Gasteiger partial charge >= 0.3 is 0 Å². The van der Waals surface area contributed by atoms with Crippen molar-refractivity contribution in [3.05, 3.63) is 23.8 Å². The molecule has 0 radical (unpaired) electrons. The fourth-order valence-electron chi connectivity index (χ4n) is 1.32. The second-order valence-electron chi connectivity index (χ2n) is 2.78. The number of fused-ring (bicyclic) bond motifs is 1. The lowest BCUT2D eigenvalue weighted by Gasteiger charge is -2.05. The third-order valence-electron chi connectivity index (χ3n) is 1.90. The minimum absolute atomic E-state index is 0.424. The molecule has 0 aromatic heterocycles. The van der Waals surface area contributed by atoms with Gasteiger partial charge in [-0.1, -0.05) is 6.07 Å². The molecule has 0 saturated carbocycles. The zero-order valence-corrected chi connectivity index (χ0v) is 8.39. The minimum Gasteiger partial charge on any atom is -0.493 e. The van der Waals surface area contributed by atoms with Crippen molar-refractivity contribution in [2.45, 2.75) is 11.8 Å². The summed E-state index contributed by atoms with van der Waals surface area (Å²) in [5.74, 6) is 0.195. The molecule has 1 aromatic rings. The maximum Gasteiger partial charge on any atom is 0.264 e. The molecule has 1 aromatic carbocycles. The van der Waals surface area contributed by atoms with E-state index in [0.29, 0.717) is 22.8 Å². The smallest absolute Gasteiger partial charge is 0.264 e. The first-order valence-electron chi connectivity index (χ1n) is 4.26. The van der Waals surface area contributed by atoms with E-state index in [9.17, 15) is 9.59 Å². The van der Waals surface area contributed by atoms with Gasteiger partial charge in [-0.15, -0.1) is 0 Å². The van der Waals surface area contributed by atoms with Crippen molar-refractivity contribution < 1.29 is 14.3 Å². The Morgan fingerprint density at radius 2 is 2.14 bits per heavy atom. The van der Waals surface area contributed by atoms with E-state index < -0.39 is 10.9 Å². The summed E-state index contributed by atoms with van der Waals surface area (Å²) in [6.45, 7) is 2.39. The van der Waals surface area contributed by atoms with Crippen LogP contribution in [0.5, 0.6) is 5.75 Å². The Labute approximate surface area is 85.4 Å². The van der Waals surface area contributed by atoms with Crippen molar-refractivity contribution in [2.24, 2.45) is 0 Å². The number of thioether (sulfide) groups is 1. The highest BCUT2D eigenvalue weighted by molar-refractivity contribution is 8.16. The Hall–Kier alpha value is -1.29. The van der Waals surface area contributed by atoms with E-state index in [-0.39, 0.29) is 0 Å². The van der Waals surface area contributed by atoms with Gasteiger partial charge in [-0.05, 0) is 30.8 Å². The lowest BCUT2D eigenvalue weighted by molar-refractivity contribution is -0.107. The van der Waals surface area contributed by atoms with Gasteiger partial charge in [0, 0.05) is 5.56 Å². The molecule has 0 spiro atoms. The molecule has 0 unspecified atom stereocenters. The molecule has 14 heavy (non-hydrogen) atoms. The van der Waals surface area contributed by atoms with Gasteiger partial charge in [0.1, 0.15) is 5.75 Å². The summed E-state index contributed by atoms with van der Waals surface area (Å²) in [6.07, 6.45) is 0. The van der Waals surface area contributed by atoms with Gasteiger partial charge in [0.15, 0.2) is 0 Å². The van der Waals surface area contributed by atoms with Crippen LogP contribution in [0, 0.1) is 0 Å². The molecule has 1 heterocycles. The van der Waals surface area contributed by atoms with E-state index in [1.54, 1.807) is 18.2 Å². The molecule has 1 aliphatic heterocycles. The third-order valence-corrected chi connectivity index (χ3v) is 2.90. The van der Waals surface area contributed by atoms with Crippen molar-refractivity contribution in [1.82, 2.24) is 0 Å². The van der Waals surface area contributed by atoms with Crippen molar-refractivity contribution in [3.8, 4) is 5.75 Å². The van der Waals surface area contributed by atoms with E-state index in [1.165, 1.54) is 0 Å². The zero-order valence-electron chi connectivity index (χ0n) is 7.57. The van der Waals surface area contributed by atoms with Gasteiger partial charge in [-0.3, -0.25) is 9.59 Å². The molecule has 2 rings (SSSR count). The van der Waals surface area contributed by atoms with Crippen LogP contribution in [0.15, 0.2) is 23.1 Å².